The van der Waals surface area contributed by atoms with Crippen molar-refractivity contribution in [3.63, 3.8) is 0 Å². The van der Waals surface area contributed by atoms with E-state index in [9.17, 15) is 5.11 Å². The Balaban J connectivity index is 0.00000304. The molecule has 1 atom stereocenters. The molecule has 5 rings (SSSR count). The molecular weight excluding hydrogens is 474 g/mol. The zero-order valence-corrected chi connectivity index (χ0v) is 22.1. The van der Waals surface area contributed by atoms with Crippen molar-refractivity contribution in [2.45, 2.75) is 25.6 Å². The zero-order chi connectivity index (χ0) is 24.3. The largest absolute Gasteiger partial charge is 0.389 e. The van der Waals surface area contributed by atoms with Gasteiger partial charge in [0, 0.05) is 76.0 Å². The number of anilines is 2. The molecule has 0 radical (unpaired) electrons. The number of fused-ring (bicyclic) bond motifs is 1. The van der Waals surface area contributed by atoms with E-state index in [2.05, 4.69) is 54.7 Å². The van der Waals surface area contributed by atoms with Crippen molar-refractivity contribution in [2.75, 3.05) is 69.2 Å². The van der Waals surface area contributed by atoms with Gasteiger partial charge >= 0.3 is 0 Å². The molecule has 2 aliphatic heterocycles. The topological polar surface area (TPSA) is 98.7 Å². The third kappa shape index (κ3) is 6.63. The molecule has 194 valence electrons. The second-order valence-electron chi connectivity index (χ2n) is 9.98. The number of morpholine rings is 1. The number of pyridine rings is 1. The number of hydrogen-bond acceptors (Lipinski definition) is 9. The van der Waals surface area contributed by atoms with Crippen LogP contribution >= 0.6 is 13.5 Å². The number of ether oxygens (including phenoxy) is 1. The molecule has 3 N–H and O–H groups in total. The first-order valence-electron chi connectivity index (χ1n) is 12.4. The van der Waals surface area contributed by atoms with Crippen LogP contribution in [-0.4, -0.2) is 95.6 Å². The Morgan fingerprint density at radius 3 is 2.56 bits per heavy atom. The minimum absolute atomic E-state index is 0. The lowest BCUT2D eigenvalue weighted by molar-refractivity contribution is 0.0345. The van der Waals surface area contributed by atoms with Crippen molar-refractivity contribution in [1.29, 1.82) is 0 Å². The van der Waals surface area contributed by atoms with Gasteiger partial charge in [0.15, 0.2) is 5.82 Å². The van der Waals surface area contributed by atoms with Crippen LogP contribution in [0.2, 0.25) is 0 Å². The summed E-state index contributed by atoms with van der Waals surface area (Å²) in [6.45, 7) is 11.3. The molecular formula is C26H37N7O2S. The lowest BCUT2D eigenvalue weighted by Crippen LogP contribution is -2.50. The van der Waals surface area contributed by atoms with Gasteiger partial charge in [-0.1, -0.05) is 12.1 Å². The maximum atomic E-state index is 10.1. The van der Waals surface area contributed by atoms with E-state index in [1.807, 2.05) is 19.9 Å². The number of nitrogens with zero attached hydrogens (tertiary/aromatic N) is 5. The lowest BCUT2D eigenvalue weighted by Gasteiger charge is -2.38. The molecule has 0 aliphatic carbocycles. The van der Waals surface area contributed by atoms with Crippen LogP contribution in [0.3, 0.4) is 0 Å². The van der Waals surface area contributed by atoms with Gasteiger partial charge in [0.1, 0.15) is 5.52 Å². The molecule has 2 aromatic heterocycles. The summed E-state index contributed by atoms with van der Waals surface area (Å²) in [5.41, 5.74) is 4.04. The minimum atomic E-state index is -0.658. The predicted molar refractivity (Wildman–Crippen MR) is 149 cm³/mol. The second-order valence-corrected chi connectivity index (χ2v) is 9.98. The molecule has 10 heteroatoms. The van der Waals surface area contributed by atoms with E-state index in [1.54, 1.807) is 12.4 Å². The van der Waals surface area contributed by atoms with Gasteiger partial charge < -0.3 is 25.4 Å². The Bertz CT molecular complexity index is 1130. The number of hydrogen-bond donors (Lipinski definition) is 3. The van der Waals surface area contributed by atoms with Crippen LogP contribution in [-0.2, 0) is 4.74 Å². The van der Waals surface area contributed by atoms with Crippen LogP contribution in [0.4, 0.5) is 11.5 Å². The van der Waals surface area contributed by atoms with E-state index in [4.69, 9.17) is 9.72 Å². The van der Waals surface area contributed by atoms with Gasteiger partial charge in [-0.05, 0) is 32.0 Å². The normalized spacial score (nSPS) is 19.2. The SMILES string of the molecule is CC(C)(O)CN1CCN(c2ccc(-c3cc4nccnc4c(NCC4CNCCO4)n3)cc2)CC1.S. The number of benzene rings is 1. The zero-order valence-electron chi connectivity index (χ0n) is 21.1. The maximum absolute atomic E-state index is 10.1. The molecule has 2 fully saturated rings. The molecule has 9 nitrogen and oxygen atoms in total. The van der Waals surface area contributed by atoms with Crippen molar-refractivity contribution in [1.82, 2.24) is 25.2 Å². The fourth-order valence-corrected chi connectivity index (χ4v) is 4.76. The Hall–Kier alpha value is -2.50. The molecule has 0 saturated carbocycles. The predicted octanol–water partition coefficient (Wildman–Crippen LogP) is 2.10. The molecule has 0 bridgehead atoms. The third-order valence-electron chi connectivity index (χ3n) is 6.47. The molecule has 0 spiro atoms. The van der Waals surface area contributed by atoms with Crippen LogP contribution in [0, 0.1) is 0 Å². The third-order valence-corrected chi connectivity index (χ3v) is 6.47. The number of aromatic nitrogens is 3. The Kier molecular flexibility index (Phi) is 8.63. The van der Waals surface area contributed by atoms with Crippen molar-refractivity contribution in [3.8, 4) is 11.3 Å². The lowest BCUT2D eigenvalue weighted by atomic mass is 10.1. The van der Waals surface area contributed by atoms with Crippen molar-refractivity contribution in [3.05, 3.63) is 42.7 Å². The van der Waals surface area contributed by atoms with Crippen molar-refractivity contribution < 1.29 is 9.84 Å². The van der Waals surface area contributed by atoms with Crippen molar-refractivity contribution in [2.24, 2.45) is 0 Å². The van der Waals surface area contributed by atoms with Crippen molar-refractivity contribution >= 4 is 36.0 Å². The Morgan fingerprint density at radius 1 is 1.11 bits per heavy atom. The first kappa shape index (κ1) is 26.6. The van der Waals surface area contributed by atoms with Crippen LogP contribution in [0.15, 0.2) is 42.7 Å². The molecule has 4 heterocycles. The molecule has 2 aliphatic rings. The Morgan fingerprint density at radius 2 is 1.86 bits per heavy atom. The average Bonchev–Trinajstić information content (AvgIpc) is 2.87. The highest BCUT2D eigenvalue weighted by Gasteiger charge is 2.23. The first-order chi connectivity index (χ1) is 16.9. The molecule has 36 heavy (non-hydrogen) atoms. The minimum Gasteiger partial charge on any atom is -0.389 e. The van der Waals surface area contributed by atoms with E-state index >= 15 is 0 Å². The van der Waals surface area contributed by atoms with E-state index in [1.165, 1.54) is 5.69 Å². The summed E-state index contributed by atoms with van der Waals surface area (Å²) >= 11 is 0. The second kappa shape index (κ2) is 11.7. The van der Waals surface area contributed by atoms with Crippen LogP contribution in [0.1, 0.15) is 13.8 Å². The number of piperazine rings is 1. The van der Waals surface area contributed by atoms with E-state index in [0.29, 0.717) is 13.1 Å². The fourth-order valence-electron chi connectivity index (χ4n) is 4.76. The number of aliphatic hydroxyl groups is 1. The van der Waals surface area contributed by atoms with Crippen LogP contribution < -0.4 is 15.5 Å². The summed E-state index contributed by atoms with van der Waals surface area (Å²) in [4.78, 5) is 18.7. The molecule has 1 aromatic carbocycles. The number of nitrogens with one attached hydrogen (secondary N) is 2. The van der Waals surface area contributed by atoms with Gasteiger partial charge in [0.2, 0.25) is 0 Å². The highest BCUT2D eigenvalue weighted by molar-refractivity contribution is 7.59. The summed E-state index contributed by atoms with van der Waals surface area (Å²) in [6, 6.07) is 10.6. The monoisotopic (exact) mass is 511 g/mol. The number of β-amino-alcohol motifs (C(OH)–C–C–N with tert-alkyl or cyclic N) is 1. The highest BCUT2D eigenvalue weighted by atomic mass is 32.1. The average molecular weight is 512 g/mol. The summed E-state index contributed by atoms with van der Waals surface area (Å²) in [7, 11) is 0. The van der Waals surface area contributed by atoms with Crippen LogP contribution in [0.25, 0.3) is 22.3 Å². The summed E-state index contributed by atoms with van der Waals surface area (Å²) in [5, 5.41) is 16.9. The maximum Gasteiger partial charge on any atom is 0.154 e. The first-order valence-corrected chi connectivity index (χ1v) is 12.4. The molecule has 2 saturated heterocycles. The fraction of sp³-hybridized carbons (Fsp3) is 0.500. The van der Waals surface area contributed by atoms with Gasteiger partial charge in [-0.15, -0.1) is 0 Å². The molecule has 0 amide bonds. The molecule has 3 aromatic rings. The van der Waals surface area contributed by atoms with Gasteiger partial charge in [-0.2, -0.15) is 13.5 Å². The van der Waals surface area contributed by atoms with Gasteiger partial charge in [-0.25, -0.2) is 9.97 Å². The highest BCUT2D eigenvalue weighted by Crippen LogP contribution is 2.27. The smallest absolute Gasteiger partial charge is 0.154 e. The van der Waals surface area contributed by atoms with E-state index < -0.39 is 5.60 Å². The summed E-state index contributed by atoms with van der Waals surface area (Å²) in [6.07, 6.45) is 3.51. The van der Waals surface area contributed by atoms with Crippen LogP contribution in [0.5, 0.6) is 0 Å². The van der Waals surface area contributed by atoms with E-state index in [0.717, 1.165) is 74.0 Å². The summed E-state index contributed by atoms with van der Waals surface area (Å²) in [5.74, 6) is 0.728. The van der Waals surface area contributed by atoms with E-state index in [-0.39, 0.29) is 19.6 Å². The number of rotatable bonds is 7. The van der Waals surface area contributed by atoms with Gasteiger partial charge in [0.25, 0.3) is 0 Å². The van der Waals surface area contributed by atoms with Gasteiger partial charge in [0.05, 0.1) is 29.5 Å². The summed E-state index contributed by atoms with van der Waals surface area (Å²) < 4.78 is 5.82. The Labute approximate surface area is 219 Å². The standard InChI is InChI=1S/C26H35N7O2.H2S/c1-26(2,34)18-32-10-12-33(13-11-32)20-5-3-19(4-6-20)22-15-23-24(29-8-7-28-23)25(31-22)30-17-21-16-27-9-14-35-21;/h3-8,15,21,27,34H,9-14,16-18H2,1-2H3,(H,30,31);1H2. The molecule has 1 unspecified atom stereocenters. The quantitative estimate of drug-likeness (QED) is 0.440. The van der Waals surface area contributed by atoms with Gasteiger partial charge in [-0.3, -0.25) is 9.88 Å².